The molecule has 0 spiro atoms. The molecule has 0 aromatic heterocycles. The molecule has 1 aliphatic rings. The number of fused-ring (bicyclic) bond motifs is 1. The van der Waals surface area contributed by atoms with Gasteiger partial charge in [0.1, 0.15) is 0 Å². The molecule has 0 saturated heterocycles. The highest BCUT2D eigenvalue weighted by Crippen LogP contribution is 2.26. The number of benzene rings is 1. The predicted octanol–water partition coefficient (Wildman–Crippen LogP) is 1.35. The number of hydrogen-bond donors (Lipinski definition) is 0. The average Bonchev–Trinajstić information content (AvgIpc) is 2.17. The lowest BCUT2D eigenvalue weighted by Crippen LogP contribution is -2.27. The number of rotatable bonds is 2. The summed E-state index contributed by atoms with van der Waals surface area (Å²) < 4.78 is 0. The van der Waals surface area contributed by atoms with Gasteiger partial charge in [-0.15, -0.1) is 12.4 Å². The molecule has 1 aliphatic carbocycles. The summed E-state index contributed by atoms with van der Waals surface area (Å²) in [5.41, 5.74) is 2.69. The van der Waals surface area contributed by atoms with Crippen molar-refractivity contribution in [3.05, 3.63) is 35.4 Å². The van der Waals surface area contributed by atoms with Gasteiger partial charge >= 0.3 is 0 Å². The highest BCUT2D eigenvalue weighted by Gasteiger charge is 2.17. The van der Waals surface area contributed by atoms with Crippen LogP contribution in [0.15, 0.2) is 24.3 Å². The number of carboxylic acid groups (broad SMARTS) is 1. The Hall–Kier alpha value is -1.02. The van der Waals surface area contributed by atoms with Crippen molar-refractivity contribution in [2.75, 3.05) is 0 Å². The normalized spacial score (nSPS) is 18.8. The molecule has 1 aromatic carbocycles. The van der Waals surface area contributed by atoms with Gasteiger partial charge in [0.25, 0.3) is 0 Å². The summed E-state index contributed by atoms with van der Waals surface area (Å²) in [6.07, 6.45) is 3.08. The first-order valence-corrected chi connectivity index (χ1v) is 5.02. The van der Waals surface area contributed by atoms with Crippen LogP contribution in [0, 0.1) is 5.92 Å². The minimum absolute atomic E-state index is 0. The quantitative estimate of drug-likeness (QED) is 0.763. The van der Waals surface area contributed by atoms with E-state index in [4.69, 9.17) is 0 Å². The highest BCUT2D eigenvalue weighted by molar-refractivity contribution is 5.85. The lowest BCUT2D eigenvalue weighted by Gasteiger charge is -2.24. The Morgan fingerprint density at radius 3 is 2.67 bits per heavy atom. The summed E-state index contributed by atoms with van der Waals surface area (Å²) in [5, 5.41) is 10.5. The van der Waals surface area contributed by atoms with E-state index in [0.717, 1.165) is 19.3 Å². The molecule has 0 fully saturated rings. The summed E-state index contributed by atoms with van der Waals surface area (Å²) in [6.45, 7) is 0. The first-order chi connectivity index (χ1) is 6.75. The summed E-state index contributed by atoms with van der Waals surface area (Å²) >= 11 is 0. The summed E-state index contributed by atoms with van der Waals surface area (Å²) in [5.74, 6) is -0.649. The van der Waals surface area contributed by atoms with Crippen LogP contribution < -0.4 is 5.11 Å². The average molecular weight is 226 g/mol. The van der Waals surface area contributed by atoms with E-state index in [-0.39, 0.29) is 24.7 Å². The van der Waals surface area contributed by atoms with Crippen LogP contribution in [-0.2, 0) is 17.6 Å². The number of hydrogen-bond acceptors (Lipinski definition) is 2. The van der Waals surface area contributed by atoms with E-state index < -0.39 is 5.97 Å². The second-order valence-corrected chi connectivity index (χ2v) is 3.95. The maximum atomic E-state index is 10.5. The Labute approximate surface area is 95.7 Å². The lowest BCUT2D eigenvalue weighted by atomic mass is 9.82. The smallest absolute Gasteiger partial charge is 0.0417 e. The fourth-order valence-electron chi connectivity index (χ4n) is 2.18. The zero-order chi connectivity index (χ0) is 9.97. The Bertz CT molecular complexity index is 349. The number of carbonyl (C=O) groups is 1. The molecule has 0 saturated carbocycles. The second kappa shape index (κ2) is 5.17. The van der Waals surface area contributed by atoms with Crippen molar-refractivity contribution >= 4 is 18.4 Å². The Morgan fingerprint density at radius 1 is 1.33 bits per heavy atom. The molecule has 0 radical (unpaired) electrons. The SMILES string of the molecule is Cl.O=C([O-])CC1CCc2ccccc2C1. The lowest BCUT2D eigenvalue weighted by molar-refractivity contribution is -0.306. The van der Waals surface area contributed by atoms with Gasteiger partial charge in [0, 0.05) is 5.97 Å². The van der Waals surface area contributed by atoms with Gasteiger partial charge in [-0.3, -0.25) is 0 Å². The molecule has 1 atom stereocenters. The van der Waals surface area contributed by atoms with Crippen LogP contribution in [0.25, 0.3) is 0 Å². The molecule has 2 rings (SSSR count). The number of aryl methyl sites for hydroxylation is 1. The summed E-state index contributed by atoms with van der Waals surface area (Å²) in [7, 11) is 0. The molecular formula is C12H14ClO2-. The van der Waals surface area contributed by atoms with E-state index in [2.05, 4.69) is 12.1 Å². The van der Waals surface area contributed by atoms with Crippen LogP contribution in [0.4, 0.5) is 0 Å². The first-order valence-electron chi connectivity index (χ1n) is 5.02. The van der Waals surface area contributed by atoms with Crippen LogP contribution in [0.1, 0.15) is 24.0 Å². The molecule has 82 valence electrons. The highest BCUT2D eigenvalue weighted by atomic mass is 35.5. The number of aliphatic carboxylic acids is 1. The third-order valence-corrected chi connectivity index (χ3v) is 2.90. The van der Waals surface area contributed by atoms with Crippen LogP contribution in [0.3, 0.4) is 0 Å². The van der Waals surface area contributed by atoms with Gasteiger partial charge < -0.3 is 9.90 Å². The van der Waals surface area contributed by atoms with Crippen molar-refractivity contribution in [2.45, 2.75) is 25.7 Å². The molecule has 2 nitrogen and oxygen atoms in total. The van der Waals surface area contributed by atoms with E-state index in [9.17, 15) is 9.90 Å². The van der Waals surface area contributed by atoms with Gasteiger partial charge in [-0.05, 0) is 42.7 Å². The zero-order valence-electron chi connectivity index (χ0n) is 8.44. The van der Waals surface area contributed by atoms with Crippen molar-refractivity contribution in [1.82, 2.24) is 0 Å². The van der Waals surface area contributed by atoms with E-state index in [1.807, 2.05) is 12.1 Å². The predicted molar refractivity (Wildman–Crippen MR) is 58.8 cm³/mol. The zero-order valence-corrected chi connectivity index (χ0v) is 9.26. The maximum absolute atomic E-state index is 10.5. The minimum atomic E-state index is -0.922. The van der Waals surface area contributed by atoms with Gasteiger partial charge in [-0.2, -0.15) is 0 Å². The number of halogens is 1. The minimum Gasteiger partial charge on any atom is -0.550 e. The molecule has 0 amide bonds. The van der Waals surface area contributed by atoms with E-state index in [1.165, 1.54) is 11.1 Å². The molecular weight excluding hydrogens is 212 g/mol. The largest absolute Gasteiger partial charge is 0.550 e. The molecule has 15 heavy (non-hydrogen) atoms. The fourth-order valence-corrected chi connectivity index (χ4v) is 2.18. The third kappa shape index (κ3) is 2.96. The number of carbonyl (C=O) groups excluding carboxylic acids is 1. The van der Waals surface area contributed by atoms with Gasteiger partial charge in [0.15, 0.2) is 0 Å². The monoisotopic (exact) mass is 225 g/mol. The van der Waals surface area contributed by atoms with Crippen molar-refractivity contribution < 1.29 is 9.90 Å². The molecule has 3 heteroatoms. The fraction of sp³-hybridized carbons (Fsp3) is 0.417. The van der Waals surface area contributed by atoms with Crippen LogP contribution in [0.2, 0.25) is 0 Å². The molecule has 0 aliphatic heterocycles. The third-order valence-electron chi connectivity index (χ3n) is 2.90. The molecule has 0 heterocycles. The van der Waals surface area contributed by atoms with E-state index in [0.29, 0.717) is 0 Å². The molecule has 0 bridgehead atoms. The molecule has 1 aromatic rings. The Morgan fingerprint density at radius 2 is 2.00 bits per heavy atom. The topological polar surface area (TPSA) is 40.1 Å². The van der Waals surface area contributed by atoms with Crippen LogP contribution >= 0.6 is 12.4 Å². The van der Waals surface area contributed by atoms with Crippen molar-refractivity contribution in [1.29, 1.82) is 0 Å². The summed E-state index contributed by atoms with van der Waals surface area (Å²) in [4.78, 5) is 10.5. The molecule has 1 unspecified atom stereocenters. The van der Waals surface area contributed by atoms with Crippen molar-refractivity contribution in [2.24, 2.45) is 5.92 Å². The van der Waals surface area contributed by atoms with Gasteiger partial charge in [-0.25, -0.2) is 0 Å². The van der Waals surface area contributed by atoms with Gasteiger partial charge in [0.2, 0.25) is 0 Å². The second-order valence-electron chi connectivity index (χ2n) is 3.95. The van der Waals surface area contributed by atoms with Crippen molar-refractivity contribution in [3.63, 3.8) is 0 Å². The Kier molecular flexibility index (Phi) is 4.15. The van der Waals surface area contributed by atoms with Crippen molar-refractivity contribution in [3.8, 4) is 0 Å². The standard InChI is InChI=1S/C12H14O2.ClH/c13-12(14)8-9-5-6-10-3-1-2-4-11(10)7-9;/h1-4,9H,5-8H2,(H,13,14);1H/p-1. The number of carboxylic acids is 1. The summed E-state index contributed by atoms with van der Waals surface area (Å²) in [6, 6.07) is 8.28. The van der Waals surface area contributed by atoms with Gasteiger partial charge in [0.05, 0.1) is 0 Å². The maximum Gasteiger partial charge on any atom is 0.0417 e. The van der Waals surface area contributed by atoms with E-state index >= 15 is 0 Å². The van der Waals surface area contributed by atoms with Crippen LogP contribution in [0.5, 0.6) is 0 Å². The Balaban J connectivity index is 0.00000112. The van der Waals surface area contributed by atoms with Crippen LogP contribution in [-0.4, -0.2) is 5.97 Å². The molecule has 0 N–H and O–H groups in total. The van der Waals surface area contributed by atoms with E-state index in [1.54, 1.807) is 0 Å². The first kappa shape index (κ1) is 12.1. The van der Waals surface area contributed by atoms with Gasteiger partial charge in [-0.1, -0.05) is 24.3 Å².